The summed E-state index contributed by atoms with van der Waals surface area (Å²) in [6.45, 7) is 6.17. The van der Waals surface area contributed by atoms with Crippen LogP contribution < -0.4 is 16.4 Å². The Bertz CT molecular complexity index is 733. The summed E-state index contributed by atoms with van der Waals surface area (Å²) in [5, 5.41) is 0. The minimum Gasteiger partial charge on any atom is -0.369 e. The molecule has 1 aliphatic rings. The topological polar surface area (TPSA) is 102 Å². The van der Waals surface area contributed by atoms with Crippen molar-refractivity contribution >= 4 is 17.6 Å². The number of anilines is 1. The van der Waals surface area contributed by atoms with E-state index in [-0.39, 0.29) is 18.1 Å². The number of nitrogens with zero attached hydrogens (tertiary/aromatic N) is 2. The Morgan fingerprint density at radius 2 is 1.80 bits per heavy atom. The van der Waals surface area contributed by atoms with Crippen molar-refractivity contribution < 1.29 is 22.8 Å². The number of pyridine rings is 1. The molecule has 0 aromatic carbocycles. The number of halogens is 3. The zero-order chi connectivity index (χ0) is 19.4. The van der Waals surface area contributed by atoms with Gasteiger partial charge in [-0.25, -0.2) is 4.98 Å². The zero-order valence-electron chi connectivity index (χ0n) is 14.4. The van der Waals surface area contributed by atoms with Gasteiger partial charge in [-0.15, -0.1) is 0 Å². The fourth-order valence-corrected chi connectivity index (χ4v) is 3.45. The molecule has 2 atom stereocenters. The number of primary amides is 2. The second-order valence-corrected chi connectivity index (χ2v) is 7.08. The van der Waals surface area contributed by atoms with Crippen LogP contribution in [-0.2, 0) is 15.8 Å². The molecule has 1 fully saturated rings. The van der Waals surface area contributed by atoms with Crippen LogP contribution >= 0.6 is 0 Å². The lowest BCUT2D eigenvalue weighted by Crippen LogP contribution is -2.60. The number of alkyl halides is 3. The highest BCUT2D eigenvalue weighted by atomic mass is 19.4. The van der Waals surface area contributed by atoms with Crippen molar-refractivity contribution in [1.82, 2.24) is 4.98 Å². The van der Waals surface area contributed by atoms with Crippen molar-refractivity contribution in [2.45, 2.75) is 39.4 Å². The Kier molecular flexibility index (Phi) is 4.26. The van der Waals surface area contributed by atoms with E-state index in [1.807, 2.05) is 0 Å². The minimum absolute atomic E-state index is 0.0461. The SMILES string of the molecule is Cc1cc(C(F)(F)F)cc(N2CC(C(N)=O)C(C)(C)C2(C)C(N)=O)n1. The molecule has 0 spiro atoms. The number of amides is 2. The standard InChI is InChI=1S/C16H21F3N4O2/c1-8-5-9(16(17,18)19)6-11(22-8)23-7-10(12(20)24)14(2,3)15(23,4)13(21)25/h5-6,10H,7H2,1-4H3,(H2,20,24)(H2,21,25). The van der Waals surface area contributed by atoms with Crippen LogP contribution in [0.2, 0.25) is 0 Å². The number of nitrogens with two attached hydrogens (primary N) is 2. The Morgan fingerprint density at radius 1 is 1.24 bits per heavy atom. The first-order valence-corrected chi connectivity index (χ1v) is 7.65. The molecule has 9 heteroatoms. The van der Waals surface area contributed by atoms with Crippen LogP contribution in [0.5, 0.6) is 0 Å². The van der Waals surface area contributed by atoms with Gasteiger partial charge in [-0.05, 0) is 26.0 Å². The second-order valence-electron chi connectivity index (χ2n) is 7.08. The maximum atomic E-state index is 13.1. The molecule has 2 unspecified atom stereocenters. The van der Waals surface area contributed by atoms with Gasteiger partial charge in [-0.3, -0.25) is 9.59 Å². The molecule has 0 aliphatic carbocycles. The van der Waals surface area contributed by atoms with E-state index < -0.39 is 40.4 Å². The molecule has 1 aromatic rings. The molecule has 0 bridgehead atoms. The molecule has 0 saturated carbocycles. The molecule has 4 N–H and O–H groups in total. The molecule has 1 aliphatic heterocycles. The van der Waals surface area contributed by atoms with Gasteiger partial charge in [0.15, 0.2) is 0 Å². The summed E-state index contributed by atoms with van der Waals surface area (Å²) in [5.41, 5.74) is 7.85. The summed E-state index contributed by atoms with van der Waals surface area (Å²) in [5.74, 6) is -2.26. The Hall–Kier alpha value is -2.32. The number of rotatable bonds is 3. The molecule has 2 amide bonds. The molecule has 6 nitrogen and oxygen atoms in total. The van der Waals surface area contributed by atoms with Crippen molar-refractivity contribution in [3.8, 4) is 0 Å². The lowest BCUT2D eigenvalue weighted by Gasteiger charge is -2.42. The first-order chi connectivity index (χ1) is 11.2. The van der Waals surface area contributed by atoms with Crippen molar-refractivity contribution in [3.63, 3.8) is 0 Å². The van der Waals surface area contributed by atoms with Crippen LogP contribution in [0.25, 0.3) is 0 Å². The van der Waals surface area contributed by atoms with Crippen LogP contribution in [0.4, 0.5) is 19.0 Å². The fraction of sp³-hybridized carbons (Fsp3) is 0.562. The molecule has 138 valence electrons. The fourth-order valence-electron chi connectivity index (χ4n) is 3.45. The third-order valence-corrected chi connectivity index (χ3v) is 5.40. The highest BCUT2D eigenvalue weighted by Gasteiger charge is 2.62. The number of carbonyl (C=O) groups excluding carboxylic acids is 2. The minimum atomic E-state index is -4.57. The normalized spacial score (nSPS) is 25.9. The van der Waals surface area contributed by atoms with Gasteiger partial charge in [0.1, 0.15) is 11.4 Å². The monoisotopic (exact) mass is 358 g/mol. The number of hydrogen-bond donors (Lipinski definition) is 2. The van der Waals surface area contributed by atoms with Crippen LogP contribution in [0.15, 0.2) is 12.1 Å². The Labute approximate surface area is 143 Å². The molecule has 25 heavy (non-hydrogen) atoms. The van der Waals surface area contributed by atoms with E-state index in [9.17, 15) is 22.8 Å². The van der Waals surface area contributed by atoms with Gasteiger partial charge in [0.2, 0.25) is 11.8 Å². The van der Waals surface area contributed by atoms with E-state index in [0.29, 0.717) is 0 Å². The summed E-state index contributed by atoms with van der Waals surface area (Å²) >= 11 is 0. The van der Waals surface area contributed by atoms with Gasteiger partial charge >= 0.3 is 6.18 Å². The summed E-state index contributed by atoms with van der Waals surface area (Å²) in [4.78, 5) is 29.6. The maximum Gasteiger partial charge on any atom is 0.416 e. The molecule has 2 heterocycles. The van der Waals surface area contributed by atoms with Crippen LogP contribution in [0, 0.1) is 18.3 Å². The van der Waals surface area contributed by atoms with E-state index in [1.54, 1.807) is 13.8 Å². The highest BCUT2D eigenvalue weighted by Crippen LogP contribution is 2.50. The molecular weight excluding hydrogens is 337 g/mol. The van der Waals surface area contributed by atoms with Gasteiger partial charge in [0.25, 0.3) is 0 Å². The van der Waals surface area contributed by atoms with Gasteiger partial charge in [0, 0.05) is 17.7 Å². The maximum absolute atomic E-state index is 13.1. The van der Waals surface area contributed by atoms with Gasteiger partial charge < -0.3 is 16.4 Å². The third kappa shape index (κ3) is 2.81. The van der Waals surface area contributed by atoms with Crippen LogP contribution in [-0.4, -0.2) is 28.9 Å². The quantitative estimate of drug-likeness (QED) is 0.857. The average molecular weight is 358 g/mol. The molecule has 2 rings (SSSR count). The van der Waals surface area contributed by atoms with Gasteiger partial charge in [0.05, 0.1) is 11.5 Å². The summed E-state index contributed by atoms with van der Waals surface area (Å²) in [6.07, 6.45) is -4.57. The van der Waals surface area contributed by atoms with Crippen molar-refractivity contribution in [3.05, 3.63) is 23.4 Å². The lowest BCUT2D eigenvalue weighted by atomic mass is 9.68. The van der Waals surface area contributed by atoms with Gasteiger partial charge in [-0.2, -0.15) is 13.2 Å². The second kappa shape index (κ2) is 5.60. The molecule has 1 saturated heterocycles. The zero-order valence-corrected chi connectivity index (χ0v) is 14.4. The molecule has 1 aromatic heterocycles. The van der Waals surface area contributed by atoms with E-state index in [4.69, 9.17) is 11.5 Å². The summed E-state index contributed by atoms with van der Waals surface area (Å²) < 4.78 is 39.4. The molecule has 0 radical (unpaired) electrons. The van der Waals surface area contributed by atoms with Crippen LogP contribution in [0.3, 0.4) is 0 Å². The first kappa shape index (κ1) is 19.0. The van der Waals surface area contributed by atoms with Gasteiger partial charge in [-0.1, -0.05) is 13.8 Å². The lowest BCUT2D eigenvalue weighted by molar-refractivity contribution is -0.137. The smallest absolute Gasteiger partial charge is 0.369 e. The van der Waals surface area contributed by atoms with Crippen molar-refractivity contribution in [1.29, 1.82) is 0 Å². The number of carbonyl (C=O) groups is 2. The van der Waals surface area contributed by atoms with E-state index in [2.05, 4.69) is 4.98 Å². The molecular formula is C16H21F3N4O2. The number of hydrogen-bond acceptors (Lipinski definition) is 4. The number of aryl methyl sites for hydroxylation is 1. The van der Waals surface area contributed by atoms with Crippen molar-refractivity contribution in [2.24, 2.45) is 22.8 Å². The first-order valence-electron chi connectivity index (χ1n) is 7.65. The van der Waals surface area contributed by atoms with E-state index >= 15 is 0 Å². The average Bonchev–Trinajstić information content (AvgIpc) is 2.66. The third-order valence-electron chi connectivity index (χ3n) is 5.40. The summed E-state index contributed by atoms with van der Waals surface area (Å²) in [7, 11) is 0. The van der Waals surface area contributed by atoms with Crippen molar-refractivity contribution in [2.75, 3.05) is 11.4 Å². The largest absolute Gasteiger partial charge is 0.416 e. The number of aromatic nitrogens is 1. The Morgan fingerprint density at radius 3 is 2.24 bits per heavy atom. The van der Waals surface area contributed by atoms with Crippen LogP contribution in [0.1, 0.15) is 32.0 Å². The highest BCUT2D eigenvalue weighted by molar-refractivity contribution is 5.93. The predicted octanol–water partition coefficient (Wildman–Crippen LogP) is 1.60. The Balaban J connectivity index is 2.67. The van der Waals surface area contributed by atoms with E-state index in [0.717, 1.165) is 12.1 Å². The van der Waals surface area contributed by atoms with E-state index in [1.165, 1.54) is 18.7 Å². The summed E-state index contributed by atoms with van der Waals surface area (Å²) in [6, 6.07) is 1.77. The predicted molar refractivity (Wildman–Crippen MR) is 85.4 cm³/mol.